The van der Waals surface area contributed by atoms with Crippen LogP contribution in [0.5, 0.6) is 0 Å². The van der Waals surface area contributed by atoms with Gasteiger partial charge in [-0.3, -0.25) is 4.98 Å². The first-order valence-corrected chi connectivity index (χ1v) is 5.71. The SMILES string of the molecule is CNC(c1ccncc1)c1ccc(CN)cc1. The largest absolute Gasteiger partial charge is 0.326 e. The Labute approximate surface area is 102 Å². The van der Waals surface area contributed by atoms with Crippen molar-refractivity contribution in [3.8, 4) is 0 Å². The lowest BCUT2D eigenvalue weighted by molar-refractivity contribution is 0.690. The van der Waals surface area contributed by atoms with E-state index in [9.17, 15) is 0 Å². The summed E-state index contributed by atoms with van der Waals surface area (Å²) < 4.78 is 0. The second-order valence-electron chi connectivity index (χ2n) is 3.95. The number of hydrogen-bond donors (Lipinski definition) is 2. The van der Waals surface area contributed by atoms with Crippen molar-refractivity contribution in [2.75, 3.05) is 7.05 Å². The minimum Gasteiger partial charge on any atom is -0.326 e. The predicted molar refractivity (Wildman–Crippen MR) is 69.5 cm³/mol. The van der Waals surface area contributed by atoms with Crippen LogP contribution in [0, 0.1) is 0 Å². The lowest BCUT2D eigenvalue weighted by atomic mass is 9.99. The quantitative estimate of drug-likeness (QED) is 0.838. The summed E-state index contributed by atoms with van der Waals surface area (Å²) in [5.41, 5.74) is 9.19. The van der Waals surface area contributed by atoms with E-state index in [0.717, 1.165) is 5.56 Å². The first-order valence-electron chi connectivity index (χ1n) is 5.71. The molecule has 0 aliphatic rings. The monoisotopic (exact) mass is 227 g/mol. The highest BCUT2D eigenvalue weighted by Crippen LogP contribution is 2.21. The summed E-state index contributed by atoms with van der Waals surface area (Å²) in [5.74, 6) is 0. The molecule has 1 aromatic heterocycles. The molecule has 3 heteroatoms. The van der Waals surface area contributed by atoms with E-state index in [4.69, 9.17) is 5.73 Å². The average Bonchev–Trinajstić information content (AvgIpc) is 2.42. The van der Waals surface area contributed by atoms with E-state index < -0.39 is 0 Å². The van der Waals surface area contributed by atoms with Crippen LogP contribution in [0.2, 0.25) is 0 Å². The molecule has 0 saturated carbocycles. The van der Waals surface area contributed by atoms with Crippen LogP contribution in [0.4, 0.5) is 0 Å². The molecule has 1 atom stereocenters. The fraction of sp³-hybridized carbons (Fsp3) is 0.214. The summed E-state index contributed by atoms with van der Waals surface area (Å²) in [5, 5.41) is 3.31. The molecular formula is C14H17N3. The zero-order valence-corrected chi connectivity index (χ0v) is 9.93. The Balaban J connectivity index is 2.29. The molecule has 1 aromatic carbocycles. The molecular weight excluding hydrogens is 210 g/mol. The van der Waals surface area contributed by atoms with Gasteiger partial charge in [-0.15, -0.1) is 0 Å². The minimum atomic E-state index is 0.199. The van der Waals surface area contributed by atoms with Gasteiger partial charge in [-0.1, -0.05) is 24.3 Å². The van der Waals surface area contributed by atoms with Crippen LogP contribution in [-0.4, -0.2) is 12.0 Å². The van der Waals surface area contributed by atoms with E-state index in [1.165, 1.54) is 11.1 Å². The molecule has 0 bridgehead atoms. The van der Waals surface area contributed by atoms with Crippen LogP contribution < -0.4 is 11.1 Å². The van der Waals surface area contributed by atoms with Crippen molar-refractivity contribution in [1.29, 1.82) is 0 Å². The Bertz CT molecular complexity index is 451. The summed E-state index contributed by atoms with van der Waals surface area (Å²) in [6.45, 7) is 0.583. The molecule has 0 spiro atoms. The maximum atomic E-state index is 5.60. The molecule has 3 nitrogen and oxygen atoms in total. The Morgan fingerprint density at radius 1 is 1.06 bits per heavy atom. The van der Waals surface area contributed by atoms with Gasteiger partial charge in [-0.25, -0.2) is 0 Å². The fourth-order valence-corrected chi connectivity index (χ4v) is 1.93. The number of nitrogens with one attached hydrogen (secondary N) is 1. The number of nitrogens with zero attached hydrogens (tertiary/aromatic N) is 1. The van der Waals surface area contributed by atoms with Crippen molar-refractivity contribution in [3.05, 3.63) is 65.5 Å². The van der Waals surface area contributed by atoms with Crippen molar-refractivity contribution in [1.82, 2.24) is 10.3 Å². The zero-order chi connectivity index (χ0) is 12.1. The Kier molecular flexibility index (Phi) is 3.85. The second kappa shape index (κ2) is 5.57. The van der Waals surface area contributed by atoms with Gasteiger partial charge < -0.3 is 11.1 Å². The first kappa shape index (κ1) is 11.8. The Morgan fingerprint density at radius 2 is 1.65 bits per heavy atom. The van der Waals surface area contributed by atoms with Crippen LogP contribution in [0.1, 0.15) is 22.7 Å². The topological polar surface area (TPSA) is 50.9 Å². The van der Waals surface area contributed by atoms with E-state index in [1.807, 2.05) is 31.6 Å². The molecule has 0 amide bonds. The zero-order valence-electron chi connectivity index (χ0n) is 9.93. The van der Waals surface area contributed by atoms with Gasteiger partial charge in [0, 0.05) is 18.9 Å². The van der Waals surface area contributed by atoms with Gasteiger partial charge in [0.2, 0.25) is 0 Å². The van der Waals surface area contributed by atoms with Crippen LogP contribution in [0.25, 0.3) is 0 Å². The maximum absolute atomic E-state index is 5.60. The lowest BCUT2D eigenvalue weighted by Crippen LogP contribution is -2.17. The molecule has 2 aromatic rings. The Morgan fingerprint density at radius 3 is 2.18 bits per heavy atom. The molecule has 2 rings (SSSR count). The third-order valence-corrected chi connectivity index (χ3v) is 2.88. The number of aromatic nitrogens is 1. The van der Waals surface area contributed by atoms with Crippen molar-refractivity contribution in [2.24, 2.45) is 5.73 Å². The van der Waals surface area contributed by atoms with Crippen molar-refractivity contribution in [3.63, 3.8) is 0 Å². The van der Waals surface area contributed by atoms with Gasteiger partial charge in [-0.2, -0.15) is 0 Å². The molecule has 0 radical (unpaired) electrons. The highest BCUT2D eigenvalue weighted by molar-refractivity contribution is 5.32. The normalized spacial score (nSPS) is 12.4. The maximum Gasteiger partial charge on any atom is 0.0575 e. The van der Waals surface area contributed by atoms with Crippen molar-refractivity contribution < 1.29 is 0 Å². The molecule has 3 N–H and O–H groups in total. The molecule has 0 fully saturated rings. The van der Waals surface area contributed by atoms with Gasteiger partial charge in [0.25, 0.3) is 0 Å². The molecule has 88 valence electrons. The highest BCUT2D eigenvalue weighted by atomic mass is 14.9. The van der Waals surface area contributed by atoms with Crippen molar-refractivity contribution >= 4 is 0 Å². The van der Waals surface area contributed by atoms with Gasteiger partial charge in [0.05, 0.1) is 6.04 Å². The van der Waals surface area contributed by atoms with Gasteiger partial charge in [0.1, 0.15) is 0 Å². The number of pyridine rings is 1. The van der Waals surface area contributed by atoms with E-state index in [1.54, 1.807) is 0 Å². The predicted octanol–water partition coefficient (Wildman–Crippen LogP) is 1.85. The molecule has 0 aliphatic heterocycles. The van der Waals surface area contributed by atoms with E-state index >= 15 is 0 Å². The van der Waals surface area contributed by atoms with Crippen LogP contribution in [-0.2, 0) is 6.54 Å². The fourth-order valence-electron chi connectivity index (χ4n) is 1.93. The minimum absolute atomic E-state index is 0.199. The number of nitrogens with two attached hydrogens (primary N) is 1. The molecule has 0 saturated heterocycles. The highest BCUT2D eigenvalue weighted by Gasteiger charge is 2.10. The summed E-state index contributed by atoms with van der Waals surface area (Å²) in [6, 6.07) is 12.6. The molecule has 0 aliphatic carbocycles. The third kappa shape index (κ3) is 2.70. The average molecular weight is 227 g/mol. The van der Waals surface area contributed by atoms with Crippen LogP contribution in [0.3, 0.4) is 0 Å². The number of rotatable bonds is 4. The van der Waals surface area contributed by atoms with Crippen LogP contribution >= 0.6 is 0 Å². The van der Waals surface area contributed by atoms with E-state index in [-0.39, 0.29) is 6.04 Å². The standard InChI is InChI=1S/C14H17N3/c1-16-14(13-6-8-17-9-7-13)12-4-2-11(10-15)3-5-12/h2-9,14,16H,10,15H2,1H3. The third-order valence-electron chi connectivity index (χ3n) is 2.88. The first-order chi connectivity index (χ1) is 8.35. The summed E-state index contributed by atoms with van der Waals surface area (Å²) in [6.07, 6.45) is 3.63. The van der Waals surface area contributed by atoms with E-state index in [0.29, 0.717) is 6.54 Å². The van der Waals surface area contributed by atoms with Gasteiger partial charge in [0.15, 0.2) is 0 Å². The summed E-state index contributed by atoms with van der Waals surface area (Å²) >= 11 is 0. The second-order valence-corrected chi connectivity index (χ2v) is 3.95. The van der Waals surface area contributed by atoms with Gasteiger partial charge >= 0.3 is 0 Å². The molecule has 1 heterocycles. The van der Waals surface area contributed by atoms with E-state index in [2.05, 4.69) is 34.6 Å². The molecule has 1 unspecified atom stereocenters. The van der Waals surface area contributed by atoms with Crippen molar-refractivity contribution in [2.45, 2.75) is 12.6 Å². The summed E-state index contributed by atoms with van der Waals surface area (Å²) in [4.78, 5) is 4.04. The molecule has 17 heavy (non-hydrogen) atoms. The van der Waals surface area contributed by atoms with Crippen LogP contribution in [0.15, 0.2) is 48.8 Å². The Hall–Kier alpha value is -1.71. The number of benzene rings is 1. The summed E-state index contributed by atoms with van der Waals surface area (Å²) in [7, 11) is 1.96. The lowest BCUT2D eigenvalue weighted by Gasteiger charge is -2.17. The smallest absolute Gasteiger partial charge is 0.0575 e. The van der Waals surface area contributed by atoms with Gasteiger partial charge in [-0.05, 0) is 35.9 Å². The number of hydrogen-bond acceptors (Lipinski definition) is 3.